The maximum absolute atomic E-state index is 4.15. The molecule has 0 unspecified atom stereocenters. The summed E-state index contributed by atoms with van der Waals surface area (Å²) in [5.41, 5.74) is 2.48. The van der Waals surface area contributed by atoms with Crippen LogP contribution in [-0.2, 0) is 6.42 Å². The Morgan fingerprint density at radius 3 is 3.00 bits per heavy atom. The molecule has 1 heterocycles. The van der Waals surface area contributed by atoms with E-state index in [4.69, 9.17) is 0 Å². The van der Waals surface area contributed by atoms with Crippen molar-refractivity contribution in [2.45, 2.75) is 26.7 Å². The van der Waals surface area contributed by atoms with Crippen molar-refractivity contribution in [3.63, 3.8) is 0 Å². The van der Waals surface area contributed by atoms with Crippen LogP contribution in [0.3, 0.4) is 0 Å². The van der Waals surface area contributed by atoms with Gasteiger partial charge in [0.15, 0.2) is 0 Å². The molecule has 0 amide bonds. The topological polar surface area (TPSA) is 12.9 Å². The van der Waals surface area contributed by atoms with Crippen LogP contribution in [0.25, 0.3) is 0 Å². The summed E-state index contributed by atoms with van der Waals surface area (Å²) in [6.45, 7) is 4.08. The predicted octanol–water partition coefficient (Wildman–Crippen LogP) is 2.90. The predicted molar refractivity (Wildman–Crippen MR) is 52.1 cm³/mol. The van der Waals surface area contributed by atoms with Crippen molar-refractivity contribution < 1.29 is 0 Å². The van der Waals surface area contributed by atoms with E-state index in [2.05, 4.69) is 36.2 Å². The average Bonchev–Trinajstić information content (AvgIpc) is 2.05. The molecular weight excluding hydrogens is 146 g/mol. The second kappa shape index (κ2) is 4.70. The molecule has 1 nitrogen and oxygen atoms in total. The molecule has 0 aromatic carbocycles. The molecule has 0 aliphatic carbocycles. The summed E-state index contributed by atoms with van der Waals surface area (Å²) < 4.78 is 0. The molecule has 0 bridgehead atoms. The average molecular weight is 161 g/mol. The quantitative estimate of drug-likeness (QED) is 0.621. The van der Waals surface area contributed by atoms with Gasteiger partial charge in [-0.2, -0.15) is 0 Å². The van der Waals surface area contributed by atoms with Crippen molar-refractivity contribution in [1.29, 1.82) is 0 Å². The van der Waals surface area contributed by atoms with Gasteiger partial charge in [-0.05, 0) is 44.4 Å². The molecule has 1 aromatic heterocycles. The number of aromatic nitrogens is 1. The monoisotopic (exact) mass is 161 g/mol. The second-order valence-electron chi connectivity index (χ2n) is 2.91. The number of aryl methyl sites for hydroxylation is 2. The maximum atomic E-state index is 4.15. The minimum Gasteiger partial charge on any atom is -0.262 e. The molecule has 0 fully saturated rings. The fraction of sp³-hybridized carbons (Fsp3) is 0.364. The summed E-state index contributed by atoms with van der Waals surface area (Å²) >= 11 is 0. The fourth-order valence-electron chi connectivity index (χ4n) is 1.18. The Labute approximate surface area is 74.2 Å². The van der Waals surface area contributed by atoms with E-state index in [0.717, 1.165) is 18.5 Å². The lowest BCUT2D eigenvalue weighted by Gasteiger charge is -1.98. The number of hydrogen-bond donors (Lipinski definition) is 0. The molecule has 0 saturated heterocycles. The standard InChI is InChI=1S/C11H15N/c1-3-4-5-6-11-7-8-12-10(2)9-11/h3-4,7-9H,5-6H2,1-2H3. The zero-order chi connectivity index (χ0) is 8.81. The van der Waals surface area contributed by atoms with Gasteiger partial charge < -0.3 is 0 Å². The molecule has 1 rings (SSSR count). The minimum absolute atomic E-state index is 1.10. The molecule has 12 heavy (non-hydrogen) atoms. The first kappa shape index (κ1) is 8.98. The van der Waals surface area contributed by atoms with E-state index in [1.54, 1.807) is 0 Å². The molecule has 0 atom stereocenters. The van der Waals surface area contributed by atoms with Gasteiger partial charge in [0.2, 0.25) is 0 Å². The smallest absolute Gasteiger partial charge is 0.0375 e. The lowest BCUT2D eigenvalue weighted by Crippen LogP contribution is -1.86. The summed E-state index contributed by atoms with van der Waals surface area (Å²) in [6.07, 6.45) is 8.40. The van der Waals surface area contributed by atoms with Crippen LogP contribution in [-0.4, -0.2) is 4.98 Å². The highest BCUT2D eigenvalue weighted by Crippen LogP contribution is 2.04. The van der Waals surface area contributed by atoms with Gasteiger partial charge in [-0.25, -0.2) is 0 Å². The summed E-state index contributed by atoms with van der Waals surface area (Å²) in [7, 11) is 0. The normalized spacial score (nSPS) is 10.8. The molecule has 1 heteroatoms. The number of allylic oxidation sites excluding steroid dienone is 2. The van der Waals surface area contributed by atoms with Gasteiger partial charge in [-0.1, -0.05) is 12.2 Å². The molecule has 64 valence electrons. The van der Waals surface area contributed by atoms with Crippen molar-refractivity contribution in [3.05, 3.63) is 41.7 Å². The van der Waals surface area contributed by atoms with Crippen LogP contribution < -0.4 is 0 Å². The molecule has 0 radical (unpaired) electrons. The highest BCUT2D eigenvalue weighted by molar-refractivity contribution is 5.15. The highest BCUT2D eigenvalue weighted by atomic mass is 14.6. The van der Waals surface area contributed by atoms with Crippen LogP contribution in [0, 0.1) is 6.92 Å². The van der Waals surface area contributed by atoms with Crippen molar-refractivity contribution in [2.24, 2.45) is 0 Å². The van der Waals surface area contributed by atoms with Crippen molar-refractivity contribution >= 4 is 0 Å². The van der Waals surface area contributed by atoms with Crippen LogP contribution in [0.5, 0.6) is 0 Å². The molecule has 1 aromatic rings. The fourth-order valence-corrected chi connectivity index (χ4v) is 1.18. The van der Waals surface area contributed by atoms with E-state index in [1.165, 1.54) is 5.56 Å². The Morgan fingerprint density at radius 2 is 2.33 bits per heavy atom. The lowest BCUT2D eigenvalue weighted by molar-refractivity contribution is 0.984. The summed E-state index contributed by atoms with van der Waals surface area (Å²) in [4.78, 5) is 4.15. The van der Waals surface area contributed by atoms with Crippen LogP contribution in [0.4, 0.5) is 0 Å². The highest BCUT2D eigenvalue weighted by Gasteiger charge is 1.91. The van der Waals surface area contributed by atoms with Gasteiger partial charge in [0.25, 0.3) is 0 Å². The van der Waals surface area contributed by atoms with Crippen LogP contribution >= 0.6 is 0 Å². The zero-order valence-electron chi connectivity index (χ0n) is 7.75. The van der Waals surface area contributed by atoms with Gasteiger partial charge in [0.1, 0.15) is 0 Å². The first-order valence-corrected chi connectivity index (χ1v) is 4.35. The molecular formula is C11H15N. The summed E-state index contributed by atoms with van der Waals surface area (Å²) in [6, 6.07) is 4.22. The van der Waals surface area contributed by atoms with E-state index < -0.39 is 0 Å². The van der Waals surface area contributed by atoms with Crippen LogP contribution in [0.15, 0.2) is 30.5 Å². The first-order chi connectivity index (χ1) is 5.83. The van der Waals surface area contributed by atoms with Gasteiger partial charge in [-0.15, -0.1) is 0 Å². The molecule has 0 spiro atoms. The Balaban J connectivity index is 2.52. The molecule has 0 saturated carbocycles. The molecule has 0 aliphatic heterocycles. The van der Waals surface area contributed by atoms with Gasteiger partial charge >= 0.3 is 0 Å². The van der Waals surface area contributed by atoms with Gasteiger partial charge in [-0.3, -0.25) is 4.98 Å². The van der Waals surface area contributed by atoms with Gasteiger partial charge in [0.05, 0.1) is 0 Å². The third-order valence-corrected chi connectivity index (χ3v) is 1.80. The number of hydrogen-bond acceptors (Lipinski definition) is 1. The molecule has 0 aliphatic rings. The Kier molecular flexibility index (Phi) is 3.52. The van der Waals surface area contributed by atoms with E-state index >= 15 is 0 Å². The molecule has 0 N–H and O–H groups in total. The number of pyridine rings is 1. The second-order valence-corrected chi connectivity index (χ2v) is 2.91. The zero-order valence-corrected chi connectivity index (χ0v) is 7.75. The SMILES string of the molecule is CC=CCCc1ccnc(C)c1. The third kappa shape index (κ3) is 2.87. The van der Waals surface area contributed by atoms with Crippen molar-refractivity contribution in [3.8, 4) is 0 Å². The maximum Gasteiger partial charge on any atom is 0.0375 e. The van der Waals surface area contributed by atoms with E-state index in [0.29, 0.717) is 0 Å². The van der Waals surface area contributed by atoms with E-state index in [1.807, 2.05) is 13.1 Å². The minimum atomic E-state index is 1.10. The lowest BCUT2D eigenvalue weighted by atomic mass is 10.1. The van der Waals surface area contributed by atoms with Crippen molar-refractivity contribution in [2.75, 3.05) is 0 Å². The first-order valence-electron chi connectivity index (χ1n) is 4.35. The van der Waals surface area contributed by atoms with Gasteiger partial charge in [0, 0.05) is 11.9 Å². The number of nitrogens with zero attached hydrogens (tertiary/aromatic N) is 1. The van der Waals surface area contributed by atoms with Crippen LogP contribution in [0.1, 0.15) is 24.6 Å². The Morgan fingerprint density at radius 1 is 1.50 bits per heavy atom. The van der Waals surface area contributed by atoms with Crippen molar-refractivity contribution in [1.82, 2.24) is 4.98 Å². The Hall–Kier alpha value is -1.11. The van der Waals surface area contributed by atoms with Crippen LogP contribution in [0.2, 0.25) is 0 Å². The third-order valence-electron chi connectivity index (χ3n) is 1.80. The Bertz CT molecular complexity index is 263. The van der Waals surface area contributed by atoms with E-state index in [9.17, 15) is 0 Å². The largest absolute Gasteiger partial charge is 0.262 e. The summed E-state index contributed by atoms with van der Waals surface area (Å²) in [5, 5.41) is 0. The van der Waals surface area contributed by atoms with E-state index in [-0.39, 0.29) is 0 Å². The summed E-state index contributed by atoms with van der Waals surface area (Å²) in [5.74, 6) is 0. The number of rotatable bonds is 3.